The lowest BCUT2D eigenvalue weighted by Gasteiger charge is -2.30. The second kappa shape index (κ2) is 11.4. The van der Waals surface area contributed by atoms with Crippen molar-refractivity contribution in [2.75, 3.05) is 24.7 Å². The lowest BCUT2D eigenvalue weighted by atomic mass is 9.80. The minimum absolute atomic E-state index is 0.00596. The van der Waals surface area contributed by atoms with Gasteiger partial charge in [-0.3, -0.25) is 10.1 Å². The Morgan fingerprint density at radius 1 is 1.23 bits per heavy atom. The number of ether oxygens (including phenoxy) is 2. The molecule has 1 aromatic carbocycles. The molecule has 0 bridgehead atoms. The van der Waals surface area contributed by atoms with E-state index >= 15 is 0 Å². The predicted octanol–water partition coefficient (Wildman–Crippen LogP) is 3.86. The summed E-state index contributed by atoms with van der Waals surface area (Å²) in [5, 5.41) is 14.4. The molecule has 0 aromatic heterocycles. The maximum Gasteiger partial charge on any atom is 0.337 e. The van der Waals surface area contributed by atoms with Crippen molar-refractivity contribution >= 4 is 29.4 Å². The van der Waals surface area contributed by atoms with Gasteiger partial charge in [-0.2, -0.15) is 11.8 Å². The van der Waals surface area contributed by atoms with Crippen LogP contribution in [0, 0.1) is 10.1 Å². The van der Waals surface area contributed by atoms with Gasteiger partial charge in [-0.1, -0.05) is 31.7 Å². The van der Waals surface area contributed by atoms with Gasteiger partial charge in [0.1, 0.15) is 13.2 Å². The highest BCUT2D eigenvalue weighted by Gasteiger charge is 2.38. The van der Waals surface area contributed by atoms with Crippen LogP contribution in [0.1, 0.15) is 32.3 Å². The first-order valence-electron chi connectivity index (χ1n) is 9.77. The molecule has 1 N–H and O–H groups in total. The third-order valence-corrected chi connectivity index (χ3v) is 5.48. The Labute approximate surface area is 185 Å². The highest BCUT2D eigenvalue weighted by atomic mass is 32.2. The Morgan fingerprint density at radius 2 is 1.87 bits per heavy atom. The Hall–Kier alpha value is -3.07. The van der Waals surface area contributed by atoms with Gasteiger partial charge < -0.3 is 14.8 Å². The average molecular weight is 447 g/mol. The highest BCUT2D eigenvalue weighted by Crippen LogP contribution is 2.40. The fourth-order valence-corrected chi connectivity index (χ4v) is 3.80. The molecule has 1 aliphatic heterocycles. The van der Waals surface area contributed by atoms with Gasteiger partial charge in [0, 0.05) is 29.3 Å². The van der Waals surface area contributed by atoms with Gasteiger partial charge in [-0.05, 0) is 25.2 Å². The first-order valence-corrected chi connectivity index (χ1v) is 10.9. The monoisotopic (exact) mass is 446 g/mol. The summed E-state index contributed by atoms with van der Waals surface area (Å²) in [6.07, 6.45) is 1.44. The molecule has 0 amide bonds. The lowest BCUT2D eigenvalue weighted by molar-refractivity contribution is -0.384. The molecule has 31 heavy (non-hydrogen) atoms. The number of esters is 2. The van der Waals surface area contributed by atoms with Gasteiger partial charge in [-0.15, -0.1) is 0 Å². The topological polar surface area (TPSA) is 108 Å². The number of carbonyl (C=O) groups excluding carboxylic acids is 2. The van der Waals surface area contributed by atoms with E-state index in [1.165, 1.54) is 24.3 Å². The van der Waals surface area contributed by atoms with Crippen LogP contribution in [0.3, 0.4) is 0 Å². The lowest BCUT2D eigenvalue weighted by Crippen LogP contribution is -2.32. The van der Waals surface area contributed by atoms with Crippen molar-refractivity contribution in [2.24, 2.45) is 0 Å². The normalized spacial score (nSPS) is 15.9. The van der Waals surface area contributed by atoms with Crippen molar-refractivity contribution in [3.63, 3.8) is 0 Å². The van der Waals surface area contributed by atoms with E-state index in [1.807, 2.05) is 6.92 Å². The number of thioether (sulfide) groups is 1. The number of nitrogens with one attached hydrogen (secondary N) is 1. The fourth-order valence-electron chi connectivity index (χ4n) is 3.31. The third-order valence-electron chi connectivity index (χ3n) is 4.61. The molecule has 1 aromatic rings. The minimum atomic E-state index is -0.871. The Morgan fingerprint density at radius 3 is 2.45 bits per heavy atom. The molecular weight excluding hydrogens is 420 g/mol. The smallest absolute Gasteiger partial charge is 0.337 e. The molecule has 0 fully saturated rings. The van der Waals surface area contributed by atoms with E-state index in [1.54, 1.807) is 31.7 Å². The van der Waals surface area contributed by atoms with Crippen molar-refractivity contribution in [3.8, 4) is 0 Å². The molecule has 2 rings (SSSR count). The van der Waals surface area contributed by atoms with Crippen LogP contribution in [0.5, 0.6) is 0 Å². The molecule has 1 heterocycles. The fraction of sp³-hybridized carbons (Fsp3) is 0.364. The summed E-state index contributed by atoms with van der Waals surface area (Å²) in [7, 11) is 0. The van der Waals surface area contributed by atoms with Gasteiger partial charge in [0.05, 0.1) is 22.0 Å². The number of rotatable bonds is 10. The zero-order valence-corrected chi connectivity index (χ0v) is 18.6. The molecule has 1 unspecified atom stereocenters. The number of carbonyl (C=O) groups is 2. The summed E-state index contributed by atoms with van der Waals surface area (Å²) in [5.74, 6) is -0.546. The molecule has 0 aliphatic carbocycles. The maximum absolute atomic E-state index is 13.0. The number of non-ortho nitro benzene ring substituents is 1. The van der Waals surface area contributed by atoms with Crippen LogP contribution < -0.4 is 5.32 Å². The standard InChI is InChI=1S/C22H26N2O6S/c1-5-10-29-21(25)18-14(3)23-15(4)19(22(26)30-11-12-31-6-2)20(18)16-8-7-9-17(13-16)24(27)28/h5,7-9,13,20,23H,1,6,10-12H2,2-4H3. The van der Waals surface area contributed by atoms with E-state index in [2.05, 4.69) is 11.9 Å². The van der Waals surface area contributed by atoms with E-state index < -0.39 is 22.8 Å². The summed E-state index contributed by atoms with van der Waals surface area (Å²) in [4.78, 5) is 36.7. The van der Waals surface area contributed by atoms with Crippen LogP contribution in [-0.4, -0.2) is 41.6 Å². The highest BCUT2D eigenvalue weighted by molar-refractivity contribution is 7.99. The van der Waals surface area contributed by atoms with E-state index in [-0.39, 0.29) is 30.0 Å². The summed E-state index contributed by atoms with van der Waals surface area (Å²) in [6.45, 7) is 9.16. The van der Waals surface area contributed by atoms with Crippen molar-refractivity contribution in [3.05, 3.63) is 75.1 Å². The van der Waals surface area contributed by atoms with E-state index in [4.69, 9.17) is 9.47 Å². The van der Waals surface area contributed by atoms with Gasteiger partial charge in [0.2, 0.25) is 0 Å². The summed E-state index contributed by atoms with van der Waals surface area (Å²) < 4.78 is 10.7. The van der Waals surface area contributed by atoms with Crippen LogP contribution in [0.4, 0.5) is 5.69 Å². The van der Waals surface area contributed by atoms with E-state index in [9.17, 15) is 19.7 Å². The molecule has 8 nitrogen and oxygen atoms in total. The first-order chi connectivity index (χ1) is 14.8. The molecule has 0 radical (unpaired) electrons. The summed E-state index contributed by atoms with van der Waals surface area (Å²) in [5.41, 5.74) is 1.72. The Kier molecular flexibility index (Phi) is 8.87. The number of hydrogen-bond donors (Lipinski definition) is 1. The number of allylic oxidation sites excluding steroid dienone is 2. The largest absolute Gasteiger partial charge is 0.461 e. The quantitative estimate of drug-likeness (QED) is 0.190. The van der Waals surface area contributed by atoms with Gasteiger partial charge in [0.25, 0.3) is 5.69 Å². The van der Waals surface area contributed by atoms with Crippen LogP contribution in [-0.2, 0) is 19.1 Å². The third kappa shape index (κ3) is 5.97. The van der Waals surface area contributed by atoms with Gasteiger partial charge in [-0.25, -0.2) is 9.59 Å². The second-order valence-electron chi connectivity index (χ2n) is 6.71. The zero-order valence-electron chi connectivity index (χ0n) is 17.8. The number of benzene rings is 1. The average Bonchev–Trinajstić information content (AvgIpc) is 2.74. The van der Waals surface area contributed by atoms with Crippen molar-refractivity contribution in [2.45, 2.75) is 26.7 Å². The first kappa shape index (κ1) is 24.2. The number of nitrogens with zero attached hydrogens (tertiary/aromatic N) is 1. The Bertz CT molecular complexity index is 938. The number of nitro benzene ring substituents is 1. The number of nitro groups is 1. The molecule has 1 atom stereocenters. The zero-order chi connectivity index (χ0) is 23.0. The van der Waals surface area contributed by atoms with Crippen LogP contribution in [0.15, 0.2) is 59.5 Å². The number of hydrogen-bond acceptors (Lipinski definition) is 8. The van der Waals surface area contributed by atoms with Crippen LogP contribution in [0.25, 0.3) is 0 Å². The molecule has 1 aliphatic rings. The van der Waals surface area contributed by atoms with Crippen molar-refractivity contribution < 1.29 is 24.0 Å². The SMILES string of the molecule is C=CCOC(=O)C1=C(C)NC(C)=C(C(=O)OCCSCC)C1c1cccc([N+](=O)[O-])c1. The molecule has 0 spiro atoms. The van der Waals surface area contributed by atoms with Crippen LogP contribution >= 0.6 is 11.8 Å². The van der Waals surface area contributed by atoms with E-state index in [0.29, 0.717) is 22.7 Å². The molecule has 0 saturated heterocycles. The maximum atomic E-state index is 13.0. The van der Waals surface area contributed by atoms with E-state index in [0.717, 1.165) is 5.75 Å². The minimum Gasteiger partial charge on any atom is -0.461 e. The molecular formula is C22H26N2O6S. The van der Waals surface area contributed by atoms with Gasteiger partial charge >= 0.3 is 11.9 Å². The summed E-state index contributed by atoms with van der Waals surface area (Å²) >= 11 is 1.64. The van der Waals surface area contributed by atoms with Crippen molar-refractivity contribution in [1.82, 2.24) is 5.32 Å². The van der Waals surface area contributed by atoms with Crippen LogP contribution in [0.2, 0.25) is 0 Å². The number of dihydropyridines is 1. The predicted molar refractivity (Wildman–Crippen MR) is 119 cm³/mol. The Balaban J connectivity index is 2.53. The molecule has 0 saturated carbocycles. The molecule has 166 valence electrons. The van der Waals surface area contributed by atoms with Gasteiger partial charge in [0.15, 0.2) is 0 Å². The van der Waals surface area contributed by atoms with Crippen molar-refractivity contribution in [1.29, 1.82) is 0 Å². The summed E-state index contributed by atoms with van der Waals surface area (Å²) in [6, 6.07) is 5.88. The molecule has 9 heteroatoms. The second-order valence-corrected chi connectivity index (χ2v) is 8.10.